The lowest BCUT2D eigenvalue weighted by molar-refractivity contribution is 0.155. The lowest BCUT2D eigenvalue weighted by Crippen LogP contribution is -2.36. The number of nitrogens with one attached hydrogen (secondary N) is 2. The lowest BCUT2D eigenvalue weighted by atomic mass is 9.98. The Morgan fingerprint density at radius 1 is 1.19 bits per heavy atom. The molecular formula is C21H30N4O2. The molecule has 1 aromatic carbocycles. The molecule has 2 aromatic rings. The molecule has 1 aliphatic rings. The fourth-order valence-electron chi connectivity index (χ4n) is 3.28. The molecule has 1 saturated carbocycles. The first-order valence-electron chi connectivity index (χ1n) is 9.77. The Kier molecular flexibility index (Phi) is 6.74. The fraction of sp³-hybridized carbons (Fsp3) is 0.524. The first kappa shape index (κ1) is 19.3. The Labute approximate surface area is 161 Å². The van der Waals surface area contributed by atoms with Crippen molar-refractivity contribution in [2.24, 2.45) is 4.99 Å². The number of guanidine groups is 1. The molecule has 0 aliphatic heterocycles. The van der Waals surface area contributed by atoms with E-state index in [1.807, 2.05) is 26.0 Å². The largest absolute Gasteiger partial charge is 0.490 e. The van der Waals surface area contributed by atoms with Gasteiger partial charge < -0.3 is 19.8 Å². The van der Waals surface area contributed by atoms with Crippen LogP contribution < -0.4 is 15.4 Å². The minimum absolute atomic E-state index is 0.365. The van der Waals surface area contributed by atoms with Gasteiger partial charge >= 0.3 is 0 Å². The standard InChI is InChI=1S/C21H30N4O2/c1-15-16(2)26-20(25-15)14-24-21(22-3)23-13-17-8-7-11-19(12-17)27-18-9-5-4-6-10-18/h7-8,11-12,18H,4-6,9-10,13-14H2,1-3H3,(H2,22,23,24). The summed E-state index contributed by atoms with van der Waals surface area (Å²) in [6.07, 6.45) is 6.58. The molecule has 0 amide bonds. The molecule has 0 saturated heterocycles. The van der Waals surface area contributed by atoms with Crippen LogP contribution in [0.2, 0.25) is 0 Å². The number of rotatable bonds is 6. The SMILES string of the molecule is CN=C(NCc1cccc(OC2CCCCC2)c1)NCc1nc(C)c(C)o1. The predicted octanol–water partition coefficient (Wildman–Crippen LogP) is 3.87. The van der Waals surface area contributed by atoms with Crippen molar-refractivity contribution in [3.8, 4) is 5.75 Å². The number of hydrogen-bond acceptors (Lipinski definition) is 4. The summed E-state index contributed by atoms with van der Waals surface area (Å²) in [6.45, 7) is 5.03. The molecule has 0 bridgehead atoms. The monoisotopic (exact) mass is 370 g/mol. The van der Waals surface area contributed by atoms with Crippen LogP contribution in [0.15, 0.2) is 33.7 Å². The van der Waals surface area contributed by atoms with Crippen molar-refractivity contribution in [1.29, 1.82) is 0 Å². The number of hydrogen-bond donors (Lipinski definition) is 2. The van der Waals surface area contributed by atoms with Crippen molar-refractivity contribution in [2.45, 2.75) is 65.1 Å². The van der Waals surface area contributed by atoms with Crippen molar-refractivity contribution in [2.75, 3.05) is 7.05 Å². The Bertz CT molecular complexity index is 744. The van der Waals surface area contributed by atoms with Gasteiger partial charge in [0.1, 0.15) is 11.5 Å². The first-order chi connectivity index (χ1) is 13.1. The van der Waals surface area contributed by atoms with Crippen LogP contribution in [-0.2, 0) is 13.1 Å². The van der Waals surface area contributed by atoms with Gasteiger partial charge in [0.2, 0.25) is 5.89 Å². The summed E-state index contributed by atoms with van der Waals surface area (Å²) in [6, 6.07) is 8.28. The number of aliphatic imine (C=N–C) groups is 1. The van der Waals surface area contributed by atoms with Crippen molar-refractivity contribution in [3.63, 3.8) is 0 Å². The number of nitrogens with zero attached hydrogens (tertiary/aromatic N) is 2. The maximum atomic E-state index is 6.15. The number of aryl methyl sites for hydroxylation is 2. The summed E-state index contributed by atoms with van der Waals surface area (Å²) in [7, 11) is 1.75. The molecule has 1 heterocycles. The van der Waals surface area contributed by atoms with Gasteiger partial charge in [-0.3, -0.25) is 4.99 Å². The van der Waals surface area contributed by atoms with Crippen LogP contribution in [0.25, 0.3) is 0 Å². The van der Waals surface area contributed by atoms with Gasteiger partial charge in [-0.05, 0) is 57.2 Å². The summed E-state index contributed by atoms with van der Waals surface area (Å²) in [5.74, 6) is 3.18. The zero-order valence-electron chi connectivity index (χ0n) is 16.5. The van der Waals surface area contributed by atoms with E-state index in [1.165, 1.54) is 32.1 Å². The highest BCUT2D eigenvalue weighted by Gasteiger charge is 2.14. The summed E-state index contributed by atoms with van der Waals surface area (Å²) >= 11 is 0. The predicted molar refractivity (Wildman–Crippen MR) is 107 cm³/mol. The number of ether oxygens (including phenoxy) is 1. The Morgan fingerprint density at radius 3 is 2.67 bits per heavy atom. The van der Waals surface area contributed by atoms with E-state index in [1.54, 1.807) is 7.05 Å². The second-order valence-corrected chi connectivity index (χ2v) is 7.05. The van der Waals surface area contributed by atoms with Gasteiger partial charge in [0.05, 0.1) is 18.3 Å². The van der Waals surface area contributed by atoms with E-state index in [2.05, 4.69) is 32.7 Å². The van der Waals surface area contributed by atoms with Gasteiger partial charge in [0, 0.05) is 13.6 Å². The second kappa shape index (κ2) is 9.44. The quantitative estimate of drug-likeness (QED) is 0.597. The fourth-order valence-corrected chi connectivity index (χ4v) is 3.28. The average molecular weight is 370 g/mol. The smallest absolute Gasteiger partial charge is 0.214 e. The second-order valence-electron chi connectivity index (χ2n) is 7.05. The molecule has 3 rings (SSSR count). The molecule has 6 heteroatoms. The molecular weight excluding hydrogens is 340 g/mol. The Morgan fingerprint density at radius 2 is 1.96 bits per heavy atom. The van der Waals surface area contributed by atoms with Crippen molar-refractivity contribution in [1.82, 2.24) is 15.6 Å². The van der Waals surface area contributed by atoms with Gasteiger partial charge in [-0.25, -0.2) is 4.98 Å². The zero-order chi connectivity index (χ0) is 19.1. The van der Waals surface area contributed by atoms with Crippen LogP contribution in [0.4, 0.5) is 0 Å². The minimum Gasteiger partial charge on any atom is -0.490 e. The summed E-state index contributed by atoms with van der Waals surface area (Å²) in [4.78, 5) is 8.63. The van der Waals surface area contributed by atoms with Crippen LogP contribution in [0.3, 0.4) is 0 Å². The number of oxazole rings is 1. The van der Waals surface area contributed by atoms with Crippen LogP contribution >= 0.6 is 0 Å². The van der Waals surface area contributed by atoms with Crippen LogP contribution in [0.5, 0.6) is 5.75 Å². The van der Waals surface area contributed by atoms with Gasteiger partial charge in [0.25, 0.3) is 0 Å². The Balaban J connectivity index is 1.49. The van der Waals surface area contributed by atoms with Gasteiger partial charge in [0.15, 0.2) is 5.96 Å². The van der Waals surface area contributed by atoms with E-state index in [4.69, 9.17) is 9.15 Å². The third-order valence-corrected chi connectivity index (χ3v) is 4.92. The van der Waals surface area contributed by atoms with E-state index >= 15 is 0 Å². The van der Waals surface area contributed by atoms with Crippen LogP contribution in [0.1, 0.15) is 55.0 Å². The van der Waals surface area contributed by atoms with Crippen molar-refractivity contribution >= 4 is 5.96 Å². The summed E-state index contributed by atoms with van der Waals surface area (Å²) in [5.41, 5.74) is 2.08. The molecule has 27 heavy (non-hydrogen) atoms. The molecule has 0 spiro atoms. The number of aromatic nitrogens is 1. The normalized spacial score (nSPS) is 15.6. The van der Waals surface area contributed by atoms with E-state index in [9.17, 15) is 0 Å². The van der Waals surface area contributed by atoms with Gasteiger partial charge in [-0.1, -0.05) is 18.6 Å². The zero-order valence-corrected chi connectivity index (χ0v) is 16.5. The molecule has 0 radical (unpaired) electrons. The Hall–Kier alpha value is -2.50. The molecule has 2 N–H and O–H groups in total. The minimum atomic E-state index is 0.365. The molecule has 0 unspecified atom stereocenters. The van der Waals surface area contributed by atoms with Crippen molar-refractivity contribution in [3.05, 3.63) is 47.2 Å². The molecule has 146 valence electrons. The molecule has 6 nitrogen and oxygen atoms in total. The first-order valence-corrected chi connectivity index (χ1v) is 9.77. The maximum absolute atomic E-state index is 6.15. The highest BCUT2D eigenvalue weighted by Crippen LogP contribution is 2.23. The summed E-state index contributed by atoms with van der Waals surface area (Å²) < 4.78 is 11.7. The van der Waals surface area contributed by atoms with E-state index in [-0.39, 0.29) is 0 Å². The lowest BCUT2D eigenvalue weighted by Gasteiger charge is -2.23. The van der Waals surface area contributed by atoms with E-state index < -0.39 is 0 Å². The third-order valence-electron chi connectivity index (χ3n) is 4.92. The van der Waals surface area contributed by atoms with Crippen LogP contribution in [0, 0.1) is 13.8 Å². The highest BCUT2D eigenvalue weighted by atomic mass is 16.5. The average Bonchev–Trinajstić information content (AvgIpc) is 3.01. The molecule has 1 fully saturated rings. The maximum Gasteiger partial charge on any atom is 0.214 e. The molecule has 0 atom stereocenters. The van der Waals surface area contributed by atoms with E-state index in [0.29, 0.717) is 31.0 Å². The summed E-state index contributed by atoms with van der Waals surface area (Å²) in [5, 5.41) is 6.55. The molecule has 1 aromatic heterocycles. The van der Waals surface area contributed by atoms with E-state index in [0.717, 1.165) is 22.8 Å². The van der Waals surface area contributed by atoms with Gasteiger partial charge in [-0.2, -0.15) is 0 Å². The third kappa shape index (κ3) is 5.74. The highest BCUT2D eigenvalue weighted by molar-refractivity contribution is 5.79. The molecule has 1 aliphatic carbocycles. The number of benzene rings is 1. The topological polar surface area (TPSA) is 71.7 Å². The van der Waals surface area contributed by atoms with Gasteiger partial charge in [-0.15, -0.1) is 0 Å². The van der Waals surface area contributed by atoms with Crippen LogP contribution in [-0.4, -0.2) is 24.1 Å². The van der Waals surface area contributed by atoms with Crippen molar-refractivity contribution < 1.29 is 9.15 Å².